The summed E-state index contributed by atoms with van der Waals surface area (Å²) in [5.41, 5.74) is -0.0684. The molecule has 0 radical (unpaired) electrons. The lowest BCUT2D eigenvalue weighted by atomic mass is 10.1. The van der Waals surface area contributed by atoms with Crippen LogP contribution in [0.1, 0.15) is 31.1 Å². The van der Waals surface area contributed by atoms with Crippen LogP contribution in [-0.2, 0) is 14.8 Å². The highest BCUT2D eigenvalue weighted by Crippen LogP contribution is 2.24. The molecular weight excluding hydrogens is 282 g/mol. The van der Waals surface area contributed by atoms with E-state index in [0.29, 0.717) is 5.39 Å². The van der Waals surface area contributed by atoms with Crippen molar-refractivity contribution in [2.45, 2.75) is 31.5 Å². The fraction of sp³-hybridized carbons (Fsp3) is 0.308. The second kappa shape index (κ2) is 4.60. The largest absolute Gasteiger partial charge is 0.456 e. The summed E-state index contributed by atoms with van der Waals surface area (Å²) in [6.45, 7) is 5.28. The van der Waals surface area contributed by atoms with Gasteiger partial charge in [0.1, 0.15) is 11.2 Å². The maximum absolute atomic E-state index is 11.9. The van der Waals surface area contributed by atoms with Crippen LogP contribution in [0.3, 0.4) is 0 Å². The summed E-state index contributed by atoms with van der Waals surface area (Å²) in [7, 11) is -3.91. The van der Waals surface area contributed by atoms with Gasteiger partial charge in [0.25, 0.3) is 10.0 Å². The van der Waals surface area contributed by atoms with E-state index >= 15 is 0 Å². The topological polar surface area (TPSA) is 99.6 Å². The van der Waals surface area contributed by atoms with Crippen molar-refractivity contribution in [2.75, 3.05) is 0 Å². The van der Waals surface area contributed by atoms with Gasteiger partial charge >= 0.3 is 5.97 Å². The molecule has 6 nitrogen and oxygen atoms in total. The van der Waals surface area contributed by atoms with Crippen LogP contribution in [0.25, 0.3) is 11.0 Å². The number of nitrogens with two attached hydrogens (primary N) is 1. The molecule has 0 atom stereocenters. The Morgan fingerprint density at radius 1 is 1.25 bits per heavy atom. The number of hydrogen-bond donors (Lipinski definition) is 1. The van der Waals surface area contributed by atoms with Crippen LogP contribution in [0.15, 0.2) is 33.8 Å². The van der Waals surface area contributed by atoms with Gasteiger partial charge in [-0.1, -0.05) is 6.07 Å². The first-order valence-corrected chi connectivity index (χ1v) is 7.41. The van der Waals surface area contributed by atoms with E-state index in [2.05, 4.69) is 0 Å². The summed E-state index contributed by atoms with van der Waals surface area (Å²) in [4.78, 5) is 11.9. The molecule has 0 aliphatic heterocycles. The van der Waals surface area contributed by atoms with Crippen LogP contribution in [0.4, 0.5) is 0 Å². The van der Waals surface area contributed by atoms with Gasteiger partial charge in [-0.15, -0.1) is 0 Å². The smallest absolute Gasteiger partial charge is 0.338 e. The molecule has 2 rings (SSSR count). The molecule has 2 aromatic rings. The Morgan fingerprint density at radius 2 is 1.90 bits per heavy atom. The van der Waals surface area contributed by atoms with Gasteiger partial charge in [0, 0.05) is 11.5 Å². The number of primary sulfonamides is 1. The minimum absolute atomic E-state index is 0.261. The van der Waals surface area contributed by atoms with E-state index in [-0.39, 0.29) is 16.2 Å². The zero-order valence-corrected chi connectivity index (χ0v) is 12.2. The van der Waals surface area contributed by atoms with E-state index in [4.69, 9.17) is 14.3 Å². The second-order valence-corrected chi connectivity index (χ2v) is 6.86. The fourth-order valence-corrected chi connectivity index (χ4v) is 2.11. The number of carbonyl (C=O) groups excluding carboxylic acids is 1. The number of ether oxygens (including phenoxy) is 1. The van der Waals surface area contributed by atoms with Gasteiger partial charge in [0.2, 0.25) is 5.09 Å². The molecule has 0 spiro atoms. The molecular formula is C13H15NO5S. The maximum atomic E-state index is 11.9. The number of carbonyl (C=O) groups is 1. The Balaban J connectivity index is 2.42. The number of esters is 1. The van der Waals surface area contributed by atoms with E-state index in [1.54, 1.807) is 32.9 Å². The minimum Gasteiger partial charge on any atom is -0.456 e. The maximum Gasteiger partial charge on any atom is 0.338 e. The molecule has 1 heterocycles. The number of sulfonamides is 1. The Labute approximate surface area is 116 Å². The predicted molar refractivity (Wildman–Crippen MR) is 72.8 cm³/mol. The minimum atomic E-state index is -3.91. The first-order chi connectivity index (χ1) is 9.06. The summed E-state index contributed by atoms with van der Waals surface area (Å²) in [6, 6.07) is 5.85. The molecule has 108 valence electrons. The van der Waals surface area contributed by atoms with Crippen molar-refractivity contribution in [3.8, 4) is 0 Å². The lowest BCUT2D eigenvalue weighted by molar-refractivity contribution is 0.00695. The van der Waals surface area contributed by atoms with Gasteiger partial charge in [-0.05, 0) is 32.9 Å². The molecule has 0 bridgehead atoms. The Morgan fingerprint density at radius 3 is 2.45 bits per heavy atom. The zero-order valence-electron chi connectivity index (χ0n) is 11.3. The van der Waals surface area contributed by atoms with Gasteiger partial charge in [0.15, 0.2) is 0 Å². The number of hydrogen-bond acceptors (Lipinski definition) is 5. The molecule has 0 saturated carbocycles. The van der Waals surface area contributed by atoms with Crippen LogP contribution in [-0.4, -0.2) is 20.0 Å². The number of rotatable bonds is 2. The molecule has 7 heteroatoms. The Hall–Kier alpha value is -1.86. The number of furan rings is 1. The molecule has 20 heavy (non-hydrogen) atoms. The van der Waals surface area contributed by atoms with Gasteiger partial charge in [-0.25, -0.2) is 18.4 Å². The fourth-order valence-electron chi connectivity index (χ4n) is 1.61. The average molecular weight is 297 g/mol. The third-order valence-corrected chi connectivity index (χ3v) is 3.17. The summed E-state index contributed by atoms with van der Waals surface area (Å²) in [5, 5.41) is 5.19. The highest BCUT2D eigenvalue weighted by Gasteiger charge is 2.20. The van der Waals surface area contributed by atoms with Gasteiger partial charge in [-0.2, -0.15) is 0 Å². The van der Waals surface area contributed by atoms with Crippen molar-refractivity contribution in [3.05, 3.63) is 29.8 Å². The average Bonchev–Trinajstić information content (AvgIpc) is 2.68. The second-order valence-electron chi connectivity index (χ2n) is 5.36. The quantitative estimate of drug-likeness (QED) is 0.855. The van der Waals surface area contributed by atoms with Crippen molar-refractivity contribution < 1.29 is 22.4 Å². The van der Waals surface area contributed by atoms with Gasteiger partial charge < -0.3 is 9.15 Å². The standard InChI is InChI=1S/C13H15NO5S/c1-13(2,3)19-12(15)9-5-4-8-7-11(20(14,16)17)18-10(8)6-9/h4-7H,1-3H3,(H2,14,16,17). The summed E-state index contributed by atoms with van der Waals surface area (Å²) in [5.74, 6) is -0.507. The molecule has 1 aromatic carbocycles. The lowest BCUT2D eigenvalue weighted by Gasteiger charge is -2.19. The van der Waals surface area contributed by atoms with Gasteiger partial charge in [-0.3, -0.25) is 0 Å². The third kappa shape index (κ3) is 3.17. The third-order valence-electron chi connectivity index (χ3n) is 2.41. The monoisotopic (exact) mass is 297 g/mol. The highest BCUT2D eigenvalue weighted by atomic mass is 32.2. The molecule has 0 saturated heterocycles. The van der Waals surface area contributed by atoms with Crippen molar-refractivity contribution >= 4 is 27.0 Å². The van der Waals surface area contributed by atoms with Crippen molar-refractivity contribution in [1.82, 2.24) is 0 Å². The first-order valence-electron chi connectivity index (χ1n) is 5.86. The predicted octanol–water partition coefficient (Wildman–Crippen LogP) is 2.04. The first kappa shape index (κ1) is 14.5. The van der Waals surface area contributed by atoms with E-state index < -0.39 is 21.6 Å². The molecule has 0 amide bonds. The van der Waals surface area contributed by atoms with Crippen LogP contribution in [0, 0.1) is 0 Å². The van der Waals surface area contributed by atoms with E-state index in [0.717, 1.165) is 0 Å². The van der Waals surface area contributed by atoms with Crippen LogP contribution >= 0.6 is 0 Å². The molecule has 0 aliphatic carbocycles. The van der Waals surface area contributed by atoms with Crippen LogP contribution in [0.5, 0.6) is 0 Å². The van der Waals surface area contributed by atoms with E-state index in [1.165, 1.54) is 12.1 Å². The Bertz CT molecular complexity index is 768. The lowest BCUT2D eigenvalue weighted by Crippen LogP contribution is -2.23. The number of fused-ring (bicyclic) bond motifs is 1. The Kier molecular flexibility index (Phi) is 3.35. The normalized spacial score (nSPS) is 12.6. The summed E-state index contributed by atoms with van der Waals surface area (Å²) < 4.78 is 32.8. The molecule has 1 aromatic heterocycles. The van der Waals surface area contributed by atoms with Crippen molar-refractivity contribution in [3.63, 3.8) is 0 Å². The molecule has 0 aliphatic rings. The zero-order chi connectivity index (χ0) is 15.1. The van der Waals surface area contributed by atoms with Crippen LogP contribution < -0.4 is 5.14 Å². The SMILES string of the molecule is CC(C)(C)OC(=O)c1ccc2cc(S(N)(=O)=O)oc2c1. The van der Waals surface area contributed by atoms with Crippen molar-refractivity contribution in [1.29, 1.82) is 0 Å². The van der Waals surface area contributed by atoms with Gasteiger partial charge in [0.05, 0.1) is 5.56 Å². The highest BCUT2D eigenvalue weighted by molar-refractivity contribution is 7.89. The molecule has 0 fully saturated rings. The molecule has 2 N–H and O–H groups in total. The van der Waals surface area contributed by atoms with Crippen molar-refractivity contribution in [2.24, 2.45) is 5.14 Å². The summed E-state index contributed by atoms with van der Waals surface area (Å²) >= 11 is 0. The van der Waals surface area contributed by atoms with Crippen LogP contribution in [0.2, 0.25) is 0 Å². The van der Waals surface area contributed by atoms with E-state index in [1.807, 2.05) is 0 Å². The summed E-state index contributed by atoms with van der Waals surface area (Å²) in [6.07, 6.45) is 0. The van der Waals surface area contributed by atoms with E-state index in [9.17, 15) is 13.2 Å². The molecule has 0 unspecified atom stereocenters. The number of benzene rings is 1.